The van der Waals surface area contributed by atoms with E-state index in [0.717, 1.165) is 40.7 Å². The van der Waals surface area contributed by atoms with Crippen LogP contribution in [0.15, 0.2) is 128 Å². The number of allylic oxidation sites excluding steroid dienone is 4. The first-order valence-electron chi connectivity index (χ1n) is 13.5. The summed E-state index contributed by atoms with van der Waals surface area (Å²) < 4.78 is 2.28. The number of aromatic nitrogens is 3. The summed E-state index contributed by atoms with van der Waals surface area (Å²) >= 11 is 0. The molecule has 0 saturated carbocycles. The van der Waals surface area contributed by atoms with Crippen LogP contribution in [0.25, 0.3) is 71.6 Å². The highest BCUT2D eigenvalue weighted by molar-refractivity contribution is 6.14. The largest absolute Gasteiger partial charge is 0.294 e. The average molecular weight is 500 g/mol. The molecule has 0 amide bonds. The molecule has 1 aliphatic carbocycles. The second-order valence-electron chi connectivity index (χ2n) is 10.2. The Kier molecular flexibility index (Phi) is 4.95. The summed E-state index contributed by atoms with van der Waals surface area (Å²) in [7, 11) is 0. The van der Waals surface area contributed by atoms with E-state index < -0.39 is 0 Å². The number of hydrogen-bond acceptors (Lipinski definition) is 2. The molecule has 3 heterocycles. The van der Waals surface area contributed by atoms with Gasteiger partial charge in [0.2, 0.25) is 0 Å². The van der Waals surface area contributed by atoms with Gasteiger partial charge in [-0.25, -0.2) is 4.98 Å². The Morgan fingerprint density at radius 1 is 0.615 bits per heavy atom. The van der Waals surface area contributed by atoms with Crippen molar-refractivity contribution in [3.05, 3.63) is 128 Å². The predicted molar refractivity (Wildman–Crippen MR) is 164 cm³/mol. The minimum Gasteiger partial charge on any atom is -0.294 e. The lowest BCUT2D eigenvalue weighted by molar-refractivity contribution is 1.02. The second-order valence-corrected chi connectivity index (χ2v) is 10.2. The molecule has 184 valence electrons. The van der Waals surface area contributed by atoms with Crippen LogP contribution in [0.1, 0.15) is 12.8 Å². The molecule has 0 aliphatic heterocycles. The zero-order chi connectivity index (χ0) is 25.8. The SMILES string of the molecule is C1=CC(n2c3ccc(-c4ccc(-c5cc6ccccc6c6ccccc56)cn4)cc3c3cccnc32)=CCC1. The molecule has 39 heavy (non-hydrogen) atoms. The van der Waals surface area contributed by atoms with Gasteiger partial charge < -0.3 is 0 Å². The van der Waals surface area contributed by atoms with Gasteiger partial charge in [-0.15, -0.1) is 0 Å². The molecule has 0 spiro atoms. The van der Waals surface area contributed by atoms with Gasteiger partial charge in [-0.05, 0) is 82.4 Å². The van der Waals surface area contributed by atoms with Crippen molar-refractivity contribution in [2.45, 2.75) is 12.8 Å². The van der Waals surface area contributed by atoms with Crippen molar-refractivity contribution in [3.63, 3.8) is 0 Å². The first-order valence-corrected chi connectivity index (χ1v) is 13.5. The van der Waals surface area contributed by atoms with Crippen LogP contribution in [0.2, 0.25) is 0 Å². The van der Waals surface area contributed by atoms with Crippen LogP contribution >= 0.6 is 0 Å². The number of fused-ring (bicyclic) bond motifs is 6. The van der Waals surface area contributed by atoms with E-state index in [-0.39, 0.29) is 0 Å². The molecule has 0 saturated heterocycles. The van der Waals surface area contributed by atoms with Crippen molar-refractivity contribution in [1.82, 2.24) is 14.5 Å². The fourth-order valence-electron chi connectivity index (χ4n) is 6.05. The topological polar surface area (TPSA) is 30.7 Å². The van der Waals surface area contributed by atoms with Crippen molar-refractivity contribution < 1.29 is 0 Å². The maximum atomic E-state index is 4.95. The molecular formula is C36H25N3. The van der Waals surface area contributed by atoms with E-state index >= 15 is 0 Å². The highest BCUT2D eigenvalue weighted by Crippen LogP contribution is 2.37. The van der Waals surface area contributed by atoms with Gasteiger partial charge >= 0.3 is 0 Å². The van der Waals surface area contributed by atoms with Crippen molar-refractivity contribution in [2.24, 2.45) is 0 Å². The summed E-state index contributed by atoms with van der Waals surface area (Å²) in [6, 6.07) is 34.7. The summed E-state index contributed by atoms with van der Waals surface area (Å²) in [4.78, 5) is 9.71. The van der Waals surface area contributed by atoms with Gasteiger partial charge in [0.25, 0.3) is 0 Å². The van der Waals surface area contributed by atoms with E-state index in [1.54, 1.807) is 0 Å². The van der Waals surface area contributed by atoms with Crippen LogP contribution in [0.5, 0.6) is 0 Å². The lowest BCUT2D eigenvalue weighted by Gasteiger charge is -2.12. The van der Waals surface area contributed by atoms with Crippen molar-refractivity contribution in [2.75, 3.05) is 0 Å². The third-order valence-corrected chi connectivity index (χ3v) is 7.90. The monoisotopic (exact) mass is 499 g/mol. The van der Waals surface area contributed by atoms with E-state index in [4.69, 9.17) is 9.97 Å². The normalized spacial score (nSPS) is 13.5. The van der Waals surface area contributed by atoms with E-state index in [0.29, 0.717) is 0 Å². The maximum absolute atomic E-state index is 4.95. The summed E-state index contributed by atoms with van der Waals surface area (Å²) in [6.45, 7) is 0. The van der Waals surface area contributed by atoms with Crippen molar-refractivity contribution in [1.29, 1.82) is 0 Å². The van der Waals surface area contributed by atoms with Gasteiger partial charge in [0, 0.05) is 40.0 Å². The minimum absolute atomic E-state index is 0.965. The third kappa shape index (κ3) is 3.51. The quantitative estimate of drug-likeness (QED) is 0.227. The van der Waals surface area contributed by atoms with Crippen molar-refractivity contribution in [3.8, 4) is 22.4 Å². The molecule has 8 rings (SSSR count). The van der Waals surface area contributed by atoms with Crippen LogP contribution < -0.4 is 0 Å². The van der Waals surface area contributed by atoms with Gasteiger partial charge in [-0.3, -0.25) is 9.55 Å². The fourth-order valence-corrected chi connectivity index (χ4v) is 6.05. The Hall–Kier alpha value is -5.02. The lowest BCUT2D eigenvalue weighted by atomic mass is 9.94. The van der Waals surface area contributed by atoms with Gasteiger partial charge in [-0.1, -0.05) is 72.8 Å². The molecule has 4 aromatic carbocycles. The lowest BCUT2D eigenvalue weighted by Crippen LogP contribution is -1.98. The molecule has 3 heteroatoms. The Labute approximate surface area is 226 Å². The zero-order valence-corrected chi connectivity index (χ0v) is 21.4. The fraction of sp³-hybridized carbons (Fsp3) is 0.0556. The van der Waals surface area contributed by atoms with E-state index in [2.05, 4.69) is 114 Å². The molecule has 0 atom stereocenters. The Morgan fingerprint density at radius 2 is 1.44 bits per heavy atom. The third-order valence-electron chi connectivity index (χ3n) is 7.90. The van der Waals surface area contributed by atoms with E-state index in [9.17, 15) is 0 Å². The number of pyridine rings is 2. The summed E-state index contributed by atoms with van der Waals surface area (Å²) in [5, 5.41) is 7.40. The van der Waals surface area contributed by atoms with Gasteiger partial charge in [0.15, 0.2) is 0 Å². The molecule has 7 aromatic rings. The summed E-state index contributed by atoms with van der Waals surface area (Å²) in [5.74, 6) is 0. The molecule has 1 aliphatic rings. The van der Waals surface area contributed by atoms with Crippen LogP contribution in [0, 0.1) is 0 Å². The summed E-state index contributed by atoms with van der Waals surface area (Å²) in [6.07, 6.45) is 12.8. The van der Waals surface area contributed by atoms with Crippen LogP contribution in [0.4, 0.5) is 0 Å². The standard InChI is InChI=1S/C36H25N3/c1-2-10-27(11-3-1)39-35-19-17-25(22-33(35)31-15-8-20-37-36(31)39)34-18-16-26(23-38-34)32-21-24-9-4-5-12-28(24)29-13-6-7-14-30(29)32/h2,4-23H,1,3H2. The van der Waals surface area contributed by atoms with Gasteiger partial charge in [-0.2, -0.15) is 0 Å². The molecule has 0 unspecified atom stereocenters. The minimum atomic E-state index is 0.965. The Bertz CT molecular complexity index is 2110. The van der Waals surface area contributed by atoms with Crippen LogP contribution in [-0.2, 0) is 0 Å². The first-order chi connectivity index (χ1) is 19.3. The maximum Gasteiger partial charge on any atom is 0.145 e. The number of nitrogens with zero attached hydrogens (tertiary/aromatic N) is 3. The van der Waals surface area contributed by atoms with Gasteiger partial charge in [0.05, 0.1) is 11.2 Å². The molecular weight excluding hydrogens is 474 g/mol. The molecule has 3 aromatic heterocycles. The Morgan fingerprint density at radius 3 is 2.28 bits per heavy atom. The van der Waals surface area contributed by atoms with E-state index in [1.807, 2.05) is 18.5 Å². The second kappa shape index (κ2) is 8.78. The number of hydrogen-bond donors (Lipinski definition) is 0. The smallest absolute Gasteiger partial charge is 0.145 e. The number of rotatable bonds is 3. The first kappa shape index (κ1) is 22.0. The summed E-state index contributed by atoms with van der Waals surface area (Å²) in [5.41, 5.74) is 7.76. The highest BCUT2D eigenvalue weighted by Gasteiger charge is 2.16. The molecule has 0 N–H and O–H groups in total. The molecule has 3 nitrogen and oxygen atoms in total. The van der Waals surface area contributed by atoms with Crippen LogP contribution in [-0.4, -0.2) is 14.5 Å². The predicted octanol–water partition coefficient (Wildman–Crippen LogP) is 9.42. The van der Waals surface area contributed by atoms with Crippen molar-refractivity contribution >= 4 is 49.2 Å². The van der Waals surface area contributed by atoms with Crippen LogP contribution in [0.3, 0.4) is 0 Å². The zero-order valence-electron chi connectivity index (χ0n) is 21.4. The number of benzene rings is 4. The molecule has 0 bridgehead atoms. The average Bonchev–Trinajstić information content (AvgIpc) is 3.35. The van der Waals surface area contributed by atoms with Gasteiger partial charge in [0.1, 0.15) is 5.65 Å². The molecule has 0 radical (unpaired) electrons. The highest BCUT2D eigenvalue weighted by atomic mass is 15.0. The van der Waals surface area contributed by atoms with E-state index in [1.165, 1.54) is 43.7 Å². The Balaban J connectivity index is 1.25. The molecule has 0 fully saturated rings.